The molecule has 0 unspecified atom stereocenters. The summed E-state index contributed by atoms with van der Waals surface area (Å²) in [4.78, 5) is 11.1. The average molecular weight is 318 g/mol. The molecule has 0 aromatic heterocycles. The number of methoxy groups -OCH3 is 3. The Balaban J connectivity index is 2.73. The van der Waals surface area contributed by atoms with Gasteiger partial charge in [-0.1, -0.05) is 0 Å². The van der Waals surface area contributed by atoms with Gasteiger partial charge in [0.15, 0.2) is 6.29 Å². The minimum absolute atomic E-state index is 0.0164. The molecule has 1 rings (SSSR count). The summed E-state index contributed by atoms with van der Waals surface area (Å²) < 4.78 is 40.6. The molecular formula is C12H18N2O6S. The monoisotopic (exact) mass is 318 g/mol. The first kappa shape index (κ1) is 17.4. The van der Waals surface area contributed by atoms with Gasteiger partial charge in [0.2, 0.25) is 10.0 Å². The number of nitrogens with one attached hydrogen (secondary N) is 2. The van der Waals surface area contributed by atoms with E-state index in [0.717, 1.165) is 0 Å². The number of ether oxygens (including phenoxy) is 3. The summed E-state index contributed by atoms with van der Waals surface area (Å²) in [5.41, 5.74) is 0.424. The highest BCUT2D eigenvalue weighted by Gasteiger charge is 2.16. The zero-order valence-corrected chi connectivity index (χ0v) is 12.8. The third-order valence-electron chi connectivity index (χ3n) is 2.56. The predicted molar refractivity (Wildman–Crippen MR) is 75.5 cm³/mol. The molecule has 0 atom stereocenters. The van der Waals surface area contributed by atoms with Crippen LogP contribution in [0.4, 0.5) is 10.5 Å². The summed E-state index contributed by atoms with van der Waals surface area (Å²) in [7, 11) is 0.381. The highest BCUT2D eigenvalue weighted by Crippen LogP contribution is 2.14. The van der Waals surface area contributed by atoms with Crippen molar-refractivity contribution in [1.82, 2.24) is 4.72 Å². The maximum atomic E-state index is 12.0. The Labute approximate surface area is 123 Å². The van der Waals surface area contributed by atoms with Gasteiger partial charge < -0.3 is 14.2 Å². The first-order valence-corrected chi connectivity index (χ1v) is 7.41. The van der Waals surface area contributed by atoms with Gasteiger partial charge >= 0.3 is 6.09 Å². The van der Waals surface area contributed by atoms with Gasteiger partial charge in [0.1, 0.15) is 0 Å². The highest BCUT2D eigenvalue weighted by molar-refractivity contribution is 7.89. The second-order valence-corrected chi connectivity index (χ2v) is 5.66. The molecule has 118 valence electrons. The second-order valence-electron chi connectivity index (χ2n) is 3.89. The molecule has 0 fully saturated rings. The third-order valence-corrected chi connectivity index (χ3v) is 4.00. The minimum atomic E-state index is -3.68. The molecule has 1 aromatic rings. The molecule has 9 heteroatoms. The van der Waals surface area contributed by atoms with Crippen molar-refractivity contribution in [3.05, 3.63) is 24.3 Å². The van der Waals surface area contributed by atoms with Crippen LogP contribution in [0, 0.1) is 0 Å². The fourth-order valence-corrected chi connectivity index (χ4v) is 2.43. The SMILES string of the molecule is COC(=O)Nc1ccc(S(=O)(=O)NCC(OC)OC)cc1. The van der Waals surface area contributed by atoms with Crippen LogP contribution in [0.3, 0.4) is 0 Å². The number of hydrogen-bond acceptors (Lipinski definition) is 6. The molecule has 1 aromatic carbocycles. The Morgan fingerprint density at radius 1 is 1.14 bits per heavy atom. The van der Waals surface area contributed by atoms with Crippen LogP contribution in [0.15, 0.2) is 29.2 Å². The molecule has 0 aliphatic heterocycles. The number of benzene rings is 1. The van der Waals surface area contributed by atoms with Gasteiger partial charge in [0.25, 0.3) is 0 Å². The number of rotatable bonds is 7. The Morgan fingerprint density at radius 3 is 2.19 bits per heavy atom. The van der Waals surface area contributed by atoms with Crippen molar-refractivity contribution >= 4 is 21.8 Å². The molecular weight excluding hydrogens is 300 g/mol. The fourth-order valence-electron chi connectivity index (χ4n) is 1.41. The smallest absolute Gasteiger partial charge is 0.411 e. The van der Waals surface area contributed by atoms with Gasteiger partial charge in [-0.25, -0.2) is 17.9 Å². The predicted octanol–water partition coefficient (Wildman–Crippen LogP) is 0.762. The lowest BCUT2D eigenvalue weighted by molar-refractivity contribution is -0.0960. The van der Waals surface area contributed by atoms with Crippen LogP contribution >= 0.6 is 0 Å². The second kappa shape index (κ2) is 7.93. The van der Waals surface area contributed by atoms with Crippen LogP contribution in [0.1, 0.15) is 0 Å². The Morgan fingerprint density at radius 2 is 1.71 bits per heavy atom. The van der Waals surface area contributed by atoms with E-state index in [9.17, 15) is 13.2 Å². The van der Waals surface area contributed by atoms with E-state index in [0.29, 0.717) is 5.69 Å². The lowest BCUT2D eigenvalue weighted by Gasteiger charge is -2.14. The van der Waals surface area contributed by atoms with Gasteiger partial charge in [0.05, 0.1) is 18.6 Å². The maximum Gasteiger partial charge on any atom is 0.411 e. The van der Waals surface area contributed by atoms with E-state index in [1.165, 1.54) is 45.6 Å². The van der Waals surface area contributed by atoms with Gasteiger partial charge in [0, 0.05) is 19.9 Å². The van der Waals surface area contributed by atoms with Crippen LogP contribution in [0.5, 0.6) is 0 Å². The topological polar surface area (TPSA) is 103 Å². The van der Waals surface area contributed by atoms with E-state index >= 15 is 0 Å². The van der Waals surface area contributed by atoms with Crippen LogP contribution in [0.2, 0.25) is 0 Å². The molecule has 0 aliphatic carbocycles. The van der Waals surface area contributed by atoms with Crippen LogP contribution < -0.4 is 10.0 Å². The van der Waals surface area contributed by atoms with Crippen LogP contribution in [-0.4, -0.2) is 48.7 Å². The summed E-state index contributed by atoms with van der Waals surface area (Å²) in [5.74, 6) is 0. The quantitative estimate of drug-likeness (QED) is 0.720. The normalized spacial score (nSPS) is 11.4. The summed E-state index contributed by atoms with van der Waals surface area (Å²) in [5, 5.41) is 2.42. The number of carbonyl (C=O) groups is 1. The molecule has 0 saturated heterocycles. The molecule has 0 saturated carbocycles. The van der Waals surface area contributed by atoms with Gasteiger partial charge in [-0.05, 0) is 24.3 Å². The highest BCUT2D eigenvalue weighted by atomic mass is 32.2. The van der Waals surface area contributed by atoms with E-state index < -0.39 is 22.4 Å². The molecule has 1 amide bonds. The van der Waals surface area contributed by atoms with Crippen molar-refractivity contribution in [2.24, 2.45) is 0 Å². The summed E-state index contributed by atoms with van der Waals surface area (Å²) in [6.45, 7) is -0.0164. The van der Waals surface area contributed by atoms with Gasteiger partial charge in [-0.2, -0.15) is 0 Å². The summed E-state index contributed by atoms with van der Waals surface area (Å²) >= 11 is 0. The number of amides is 1. The standard InChI is InChI=1S/C12H18N2O6S/c1-18-11(19-2)8-13-21(16,17)10-6-4-9(5-7-10)14-12(15)20-3/h4-7,11,13H,8H2,1-3H3,(H,14,15). The molecule has 2 N–H and O–H groups in total. The van der Waals surface area contributed by atoms with Crippen molar-refractivity contribution in [3.63, 3.8) is 0 Å². The number of carbonyl (C=O) groups excluding carboxylic acids is 1. The van der Waals surface area contributed by atoms with Crippen molar-refractivity contribution in [2.75, 3.05) is 33.2 Å². The van der Waals surface area contributed by atoms with Gasteiger partial charge in [-0.15, -0.1) is 0 Å². The molecule has 8 nitrogen and oxygen atoms in total. The molecule has 21 heavy (non-hydrogen) atoms. The fraction of sp³-hybridized carbons (Fsp3) is 0.417. The summed E-state index contributed by atoms with van der Waals surface area (Å²) in [6, 6.07) is 5.63. The van der Waals surface area contributed by atoms with E-state index in [-0.39, 0.29) is 11.4 Å². The van der Waals surface area contributed by atoms with Crippen molar-refractivity contribution in [3.8, 4) is 0 Å². The third kappa shape index (κ3) is 5.31. The van der Waals surface area contributed by atoms with Crippen LogP contribution in [0.25, 0.3) is 0 Å². The molecule has 0 radical (unpaired) electrons. The van der Waals surface area contributed by atoms with Crippen molar-refractivity contribution < 1.29 is 27.4 Å². The van der Waals surface area contributed by atoms with Crippen LogP contribution in [-0.2, 0) is 24.2 Å². The van der Waals surface area contributed by atoms with E-state index in [1.54, 1.807) is 0 Å². The number of anilines is 1. The lowest BCUT2D eigenvalue weighted by Crippen LogP contribution is -2.34. The first-order chi connectivity index (χ1) is 9.92. The zero-order valence-electron chi connectivity index (χ0n) is 12.0. The van der Waals surface area contributed by atoms with Gasteiger partial charge in [-0.3, -0.25) is 5.32 Å². The Bertz CT molecular complexity index is 554. The lowest BCUT2D eigenvalue weighted by atomic mass is 10.3. The largest absolute Gasteiger partial charge is 0.453 e. The minimum Gasteiger partial charge on any atom is -0.453 e. The molecule has 0 spiro atoms. The van der Waals surface area contributed by atoms with Crippen molar-refractivity contribution in [2.45, 2.75) is 11.2 Å². The molecule has 0 bridgehead atoms. The summed E-state index contributed by atoms with van der Waals surface area (Å²) in [6.07, 6.45) is -1.30. The maximum absolute atomic E-state index is 12.0. The van der Waals surface area contributed by atoms with E-state index in [4.69, 9.17) is 9.47 Å². The zero-order chi connectivity index (χ0) is 15.9. The van der Waals surface area contributed by atoms with E-state index in [2.05, 4.69) is 14.8 Å². The Hall–Kier alpha value is -1.68. The van der Waals surface area contributed by atoms with Crippen molar-refractivity contribution in [1.29, 1.82) is 0 Å². The molecule has 0 heterocycles. The number of hydrogen-bond donors (Lipinski definition) is 2. The first-order valence-electron chi connectivity index (χ1n) is 5.93. The Kier molecular flexibility index (Phi) is 6.56. The van der Waals surface area contributed by atoms with E-state index in [1.807, 2.05) is 0 Å². The average Bonchev–Trinajstić information content (AvgIpc) is 2.48. The number of sulfonamides is 1. The molecule has 0 aliphatic rings.